The van der Waals surface area contributed by atoms with Gasteiger partial charge in [0.1, 0.15) is 5.75 Å². The number of hydrogen-bond donors (Lipinski definition) is 1. The lowest BCUT2D eigenvalue weighted by molar-refractivity contribution is 0.418. The SMILES string of the molecule is COc1c[nH]c(=O)c2cnccc12. The lowest BCUT2D eigenvalue weighted by Crippen LogP contribution is -2.06. The Hall–Kier alpha value is -1.84. The summed E-state index contributed by atoms with van der Waals surface area (Å²) in [6.45, 7) is 0. The maximum atomic E-state index is 11.3. The summed E-state index contributed by atoms with van der Waals surface area (Å²) >= 11 is 0. The molecule has 0 aliphatic heterocycles. The van der Waals surface area contributed by atoms with Gasteiger partial charge in [0.15, 0.2) is 0 Å². The van der Waals surface area contributed by atoms with Crippen LogP contribution in [0.4, 0.5) is 0 Å². The van der Waals surface area contributed by atoms with Gasteiger partial charge in [0.05, 0.1) is 12.5 Å². The van der Waals surface area contributed by atoms with Gasteiger partial charge in [-0.2, -0.15) is 0 Å². The van der Waals surface area contributed by atoms with Crippen LogP contribution < -0.4 is 10.3 Å². The van der Waals surface area contributed by atoms with Crippen LogP contribution >= 0.6 is 0 Å². The molecule has 2 aromatic rings. The highest BCUT2D eigenvalue weighted by molar-refractivity contribution is 5.86. The van der Waals surface area contributed by atoms with Crippen molar-refractivity contribution in [2.45, 2.75) is 0 Å². The van der Waals surface area contributed by atoms with Crippen LogP contribution in [-0.4, -0.2) is 17.1 Å². The standard InChI is InChI=1S/C9H8N2O2/c1-13-8-5-11-9(12)7-4-10-3-2-6(7)8/h2-5H,1H3,(H,11,12). The minimum Gasteiger partial charge on any atom is -0.495 e. The predicted octanol–water partition coefficient (Wildman–Crippen LogP) is 0.932. The summed E-state index contributed by atoms with van der Waals surface area (Å²) in [5.41, 5.74) is -0.149. The van der Waals surface area contributed by atoms with Gasteiger partial charge >= 0.3 is 0 Å². The van der Waals surface area contributed by atoms with E-state index in [9.17, 15) is 4.79 Å². The van der Waals surface area contributed by atoms with Crippen molar-refractivity contribution in [3.05, 3.63) is 35.0 Å². The number of ether oxygens (including phenoxy) is 1. The lowest BCUT2D eigenvalue weighted by atomic mass is 10.2. The van der Waals surface area contributed by atoms with E-state index in [-0.39, 0.29) is 5.56 Å². The number of aromatic nitrogens is 2. The fourth-order valence-corrected chi connectivity index (χ4v) is 1.25. The first kappa shape index (κ1) is 7.79. The van der Waals surface area contributed by atoms with Crippen molar-refractivity contribution in [1.29, 1.82) is 0 Å². The molecule has 2 heterocycles. The largest absolute Gasteiger partial charge is 0.495 e. The second kappa shape index (κ2) is 2.90. The molecule has 2 rings (SSSR count). The Bertz CT molecular complexity index is 490. The first-order valence-electron chi connectivity index (χ1n) is 3.82. The lowest BCUT2D eigenvalue weighted by Gasteiger charge is -2.02. The Kier molecular flexibility index (Phi) is 1.73. The Labute approximate surface area is 74.2 Å². The third-order valence-electron chi connectivity index (χ3n) is 1.89. The molecule has 4 heteroatoms. The average Bonchev–Trinajstić information content (AvgIpc) is 2.19. The van der Waals surface area contributed by atoms with Crippen molar-refractivity contribution >= 4 is 10.8 Å². The quantitative estimate of drug-likeness (QED) is 0.703. The molecule has 0 saturated heterocycles. The fraction of sp³-hybridized carbons (Fsp3) is 0.111. The molecule has 0 amide bonds. The van der Waals surface area contributed by atoms with Crippen LogP contribution in [-0.2, 0) is 0 Å². The van der Waals surface area contributed by atoms with E-state index in [1.165, 1.54) is 6.20 Å². The van der Waals surface area contributed by atoms with Gasteiger partial charge in [-0.15, -0.1) is 0 Å². The summed E-state index contributed by atoms with van der Waals surface area (Å²) in [6.07, 6.45) is 4.70. The third-order valence-corrected chi connectivity index (χ3v) is 1.89. The number of nitrogens with zero attached hydrogens (tertiary/aromatic N) is 1. The van der Waals surface area contributed by atoms with Gasteiger partial charge in [-0.25, -0.2) is 0 Å². The molecule has 0 fully saturated rings. The van der Waals surface area contributed by atoms with E-state index in [0.29, 0.717) is 11.1 Å². The van der Waals surface area contributed by atoms with Gasteiger partial charge < -0.3 is 9.72 Å². The zero-order valence-electron chi connectivity index (χ0n) is 7.07. The molecule has 0 spiro atoms. The van der Waals surface area contributed by atoms with Gasteiger partial charge in [-0.1, -0.05) is 0 Å². The summed E-state index contributed by atoms with van der Waals surface area (Å²) in [5.74, 6) is 0.650. The number of fused-ring (bicyclic) bond motifs is 1. The number of hydrogen-bond acceptors (Lipinski definition) is 3. The van der Waals surface area contributed by atoms with E-state index in [2.05, 4.69) is 9.97 Å². The molecule has 2 aromatic heterocycles. The monoisotopic (exact) mass is 176 g/mol. The third kappa shape index (κ3) is 1.16. The van der Waals surface area contributed by atoms with Crippen molar-refractivity contribution in [2.24, 2.45) is 0 Å². The minimum atomic E-state index is -0.149. The number of rotatable bonds is 1. The molecule has 0 radical (unpaired) electrons. The Balaban J connectivity index is 2.93. The number of nitrogens with one attached hydrogen (secondary N) is 1. The highest BCUT2D eigenvalue weighted by Crippen LogP contribution is 2.19. The van der Waals surface area contributed by atoms with Gasteiger partial charge in [0.2, 0.25) is 0 Å². The molecule has 0 atom stereocenters. The highest BCUT2D eigenvalue weighted by atomic mass is 16.5. The van der Waals surface area contributed by atoms with Crippen molar-refractivity contribution in [3.63, 3.8) is 0 Å². The number of aromatic amines is 1. The van der Waals surface area contributed by atoms with Gasteiger partial charge in [0, 0.05) is 24.0 Å². The fourth-order valence-electron chi connectivity index (χ4n) is 1.25. The summed E-state index contributed by atoms with van der Waals surface area (Å²) in [7, 11) is 1.56. The maximum absolute atomic E-state index is 11.3. The Morgan fingerprint density at radius 2 is 2.31 bits per heavy atom. The van der Waals surface area contributed by atoms with Gasteiger partial charge in [-0.05, 0) is 6.07 Å². The molecule has 0 aromatic carbocycles. The molecule has 1 N–H and O–H groups in total. The smallest absolute Gasteiger partial charge is 0.257 e. The molecule has 13 heavy (non-hydrogen) atoms. The van der Waals surface area contributed by atoms with E-state index in [0.717, 1.165) is 5.39 Å². The minimum absolute atomic E-state index is 0.149. The maximum Gasteiger partial charge on any atom is 0.257 e. The second-order valence-electron chi connectivity index (χ2n) is 2.61. The van der Waals surface area contributed by atoms with E-state index in [4.69, 9.17) is 4.74 Å². The molecular weight excluding hydrogens is 168 g/mol. The van der Waals surface area contributed by atoms with Crippen molar-refractivity contribution in [1.82, 2.24) is 9.97 Å². The molecular formula is C9H8N2O2. The number of methoxy groups -OCH3 is 1. The molecule has 0 aliphatic rings. The Morgan fingerprint density at radius 3 is 3.08 bits per heavy atom. The van der Waals surface area contributed by atoms with Crippen molar-refractivity contribution < 1.29 is 4.74 Å². The zero-order chi connectivity index (χ0) is 9.26. The Morgan fingerprint density at radius 1 is 1.46 bits per heavy atom. The second-order valence-corrected chi connectivity index (χ2v) is 2.61. The topological polar surface area (TPSA) is 55.0 Å². The van der Waals surface area contributed by atoms with E-state index < -0.39 is 0 Å². The first-order chi connectivity index (χ1) is 6.33. The van der Waals surface area contributed by atoms with Crippen LogP contribution in [0.1, 0.15) is 0 Å². The number of H-pyrrole nitrogens is 1. The van der Waals surface area contributed by atoms with Crippen molar-refractivity contribution in [3.8, 4) is 5.75 Å². The normalized spacial score (nSPS) is 10.2. The zero-order valence-corrected chi connectivity index (χ0v) is 7.07. The summed E-state index contributed by atoms with van der Waals surface area (Å²) in [5, 5.41) is 1.32. The van der Waals surface area contributed by atoms with Gasteiger partial charge in [0.25, 0.3) is 5.56 Å². The highest BCUT2D eigenvalue weighted by Gasteiger charge is 2.02. The van der Waals surface area contributed by atoms with Crippen molar-refractivity contribution in [2.75, 3.05) is 7.11 Å². The molecule has 0 bridgehead atoms. The first-order valence-corrected chi connectivity index (χ1v) is 3.82. The van der Waals surface area contributed by atoms with Crippen LogP contribution in [0.2, 0.25) is 0 Å². The van der Waals surface area contributed by atoms with E-state index in [1.54, 1.807) is 25.6 Å². The predicted molar refractivity (Wildman–Crippen MR) is 48.9 cm³/mol. The van der Waals surface area contributed by atoms with Crippen LogP contribution in [0.5, 0.6) is 5.75 Å². The molecule has 0 aliphatic carbocycles. The molecule has 0 unspecified atom stereocenters. The molecule has 4 nitrogen and oxygen atoms in total. The van der Waals surface area contributed by atoms with Crippen LogP contribution in [0.15, 0.2) is 29.5 Å². The summed E-state index contributed by atoms with van der Waals surface area (Å²) in [6, 6.07) is 1.75. The van der Waals surface area contributed by atoms with Gasteiger partial charge in [-0.3, -0.25) is 9.78 Å². The molecule has 0 saturated carbocycles. The number of pyridine rings is 2. The van der Waals surface area contributed by atoms with Crippen LogP contribution in [0, 0.1) is 0 Å². The summed E-state index contributed by atoms with van der Waals surface area (Å²) in [4.78, 5) is 17.7. The summed E-state index contributed by atoms with van der Waals surface area (Å²) < 4.78 is 5.08. The van der Waals surface area contributed by atoms with Crippen LogP contribution in [0.25, 0.3) is 10.8 Å². The van der Waals surface area contributed by atoms with E-state index >= 15 is 0 Å². The van der Waals surface area contributed by atoms with E-state index in [1.807, 2.05) is 0 Å². The van der Waals surface area contributed by atoms with Crippen LogP contribution in [0.3, 0.4) is 0 Å². The molecule has 66 valence electrons. The average molecular weight is 176 g/mol.